The maximum Gasteiger partial charge on any atom is -0.00441 e. The SMILES string of the molecule is CCCCC1(c2ccccc2C2CCCCC2)CCCCC1. The Labute approximate surface area is 137 Å². The molecule has 2 saturated carbocycles. The standard InChI is InChI=1S/C22H34/c1-2-3-16-22(17-10-5-11-18-22)21-15-9-8-14-20(21)19-12-6-4-7-13-19/h8-9,14-15,19H,2-7,10-13,16-18H2,1H3. The van der Waals surface area contributed by atoms with Crippen LogP contribution in [0.4, 0.5) is 0 Å². The monoisotopic (exact) mass is 298 g/mol. The molecule has 3 rings (SSSR count). The fourth-order valence-electron chi connectivity index (χ4n) is 5.15. The molecule has 122 valence electrons. The van der Waals surface area contributed by atoms with Gasteiger partial charge in [-0.15, -0.1) is 0 Å². The first-order valence-electron chi connectivity index (χ1n) is 9.95. The third kappa shape index (κ3) is 3.42. The summed E-state index contributed by atoms with van der Waals surface area (Å²) in [6.45, 7) is 2.35. The molecule has 0 spiro atoms. The summed E-state index contributed by atoms with van der Waals surface area (Å²) in [5.41, 5.74) is 4.01. The van der Waals surface area contributed by atoms with Crippen LogP contribution in [0.2, 0.25) is 0 Å². The third-order valence-corrected chi connectivity index (χ3v) is 6.40. The van der Waals surface area contributed by atoms with Gasteiger partial charge in [-0.3, -0.25) is 0 Å². The lowest BCUT2D eigenvalue weighted by Crippen LogP contribution is -2.31. The van der Waals surface area contributed by atoms with Crippen LogP contribution in [-0.4, -0.2) is 0 Å². The van der Waals surface area contributed by atoms with Crippen LogP contribution in [0.15, 0.2) is 24.3 Å². The van der Waals surface area contributed by atoms with Crippen molar-refractivity contribution in [2.24, 2.45) is 0 Å². The summed E-state index contributed by atoms with van der Waals surface area (Å²) in [4.78, 5) is 0. The molecule has 0 bridgehead atoms. The van der Waals surface area contributed by atoms with Gasteiger partial charge in [0.1, 0.15) is 0 Å². The van der Waals surface area contributed by atoms with Gasteiger partial charge in [-0.1, -0.05) is 82.6 Å². The summed E-state index contributed by atoms with van der Waals surface area (Å²) >= 11 is 0. The molecule has 1 aromatic rings. The van der Waals surface area contributed by atoms with Crippen LogP contribution >= 0.6 is 0 Å². The molecular formula is C22H34. The van der Waals surface area contributed by atoms with Gasteiger partial charge in [-0.25, -0.2) is 0 Å². The molecule has 2 aliphatic carbocycles. The van der Waals surface area contributed by atoms with Gasteiger partial charge in [0, 0.05) is 0 Å². The lowest BCUT2D eigenvalue weighted by atomic mass is 9.64. The predicted molar refractivity (Wildman–Crippen MR) is 96.6 cm³/mol. The van der Waals surface area contributed by atoms with E-state index in [4.69, 9.17) is 0 Å². The maximum atomic E-state index is 2.50. The van der Waals surface area contributed by atoms with Crippen molar-refractivity contribution in [3.63, 3.8) is 0 Å². The summed E-state index contributed by atoms with van der Waals surface area (Å²) < 4.78 is 0. The van der Waals surface area contributed by atoms with E-state index >= 15 is 0 Å². The van der Waals surface area contributed by atoms with E-state index in [1.54, 1.807) is 11.1 Å². The average Bonchev–Trinajstić information content (AvgIpc) is 2.61. The van der Waals surface area contributed by atoms with Crippen molar-refractivity contribution < 1.29 is 0 Å². The quantitative estimate of drug-likeness (QED) is 0.542. The van der Waals surface area contributed by atoms with Gasteiger partial charge >= 0.3 is 0 Å². The molecule has 0 aromatic heterocycles. The second kappa shape index (κ2) is 7.66. The minimum Gasteiger partial charge on any atom is -0.0654 e. The van der Waals surface area contributed by atoms with Crippen molar-refractivity contribution in [2.45, 2.75) is 102 Å². The van der Waals surface area contributed by atoms with Crippen molar-refractivity contribution >= 4 is 0 Å². The Morgan fingerprint density at radius 3 is 2.32 bits per heavy atom. The first kappa shape index (κ1) is 16.1. The van der Waals surface area contributed by atoms with Crippen LogP contribution in [0.3, 0.4) is 0 Å². The molecule has 2 aliphatic rings. The van der Waals surface area contributed by atoms with E-state index in [1.165, 1.54) is 83.5 Å². The summed E-state index contributed by atoms with van der Waals surface area (Å²) in [6, 6.07) is 9.59. The Kier molecular flexibility index (Phi) is 5.61. The van der Waals surface area contributed by atoms with Gasteiger partial charge in [-0.2, -0.15) is 0 Å². The molecule has 0 heteroatoms. The van der Waals surface area contributed by atoms with Crippen molar-refractivity contribution in [1.82, 2.24) is 0 Å². The zero-order chi connectivity index (χ0) is 15.3. The highest BCUT2D eigenvalue weighted by atomic mass is 14.4. The number of rotatable bonds is 5. The normalized spacial score (nSPS) is 22.6. The van der Waals surface area contributed by atoms with E-state index in [2.05, 4.69) is 31.2 Å². The van der Waals surface area contributed by atoms with E-state index in [1.807, 2.05) is 0 Å². The highest BCUT2D eigenvalue weighted by molar-refractivity contribution is 5.37. The fourth-order valence-corrected chi connectivity index (χ4v) is 5.15. The molecule has 0 saturated heterocycles. The van der Waals surface area contributed by atoms with Gasteiger partial charge in [0.2, 0.25) is 0 Å². The van der Waals surface area contributed by atoms with Crippen LogP contribution in [0.25, 0.3) is 0 Å². The van der Waals surface area contributed by atoms with E-state index in [0.29, 0.717) is 5.41 Å². The number of benzene rings is 1. The minimum absolute atomic E-state index is 0.516. The number of hydrogen-bond acceptors (Lipinski definition) is 0. The smallest absolute Gasteiger partial charge is 0.00441 e. The highest BCUT2D eigenvalue weighted by Crippen LogP contribution is 2.47. The fraction of sp³-hybridized carbons (Fsp3) is 0.727. The summed E-state index contributed by atoms with van der Waals surface area (Å²) in [5.74, 6) is 0.852. The van der Waals surface area contributed by atoms with Gasteiger partial charge in [0.05, 0.1) is 0 Å². The van der Waals surface area contributed by atoms with Crippen molar-refractivity contribution in [1.29, 1.82) is 0 Å². The molecule has 2 fully saturated rings. The Hall–Kier alpha value is -0.780. The largest absolute Gasteiger partial charge is 0.0654 e. The molecular weight excluding hydrogens is 264 g/mol. The average molecular weight is 299 g/mol. The Bertz CT molecular complexity index is 447. The van der Waals surface area contributed by atoms with Crippen LogP contribution in [-0.2, 0) is 5.41 Å². The van der Waals surface area contributed by atoms with E-state index < -0.39 is 0 Å². The van der Waals surface area contributed by atoms with Gasteiger partial charge in [-0.05, 0) is 54.6 Å². The Morgan fingerprint density at radius 1 is 0.909 bits per heavy atom. The van der Waals surface area contributed by atoms with E-state index in [0.717, 1.165) is 5.92 Å². The maximum absolute atomic E-state index is 2.50. The zero-order valence-electron chi connectivity index (χ0n) is 14.6. The minimum atomic E-state index is 0.516. The van der Waals surface area contributed by atoms with Crippen LogP contribution < -0.4 is 0 Å². The first-order valence-corrected chi connectivity index (χ1v) is 9.95. The Balaban J connectivity index is 1.92. The molecule has 1 aromatic carbocycles. The van der Waals surface area contributed by atoms with E-state index in [9.17, 15) is 0 Å². The van der Waals surface area contributed by atoms with E-state index in [-0.39, 0.29) is 0 Å². The number of unbranched alkanes of at least 4 members (excludes halogenated alkanes) is 1. The molecule has 0 radical (unpaired) electrons. The third-order valence-electron chi connectivity index (χ3n) is 6.40. The molecule has 0 nitrogen and oxygen atoms in total. The van der Waals surface area contributed by atoms with Crippen LogP contribution in [0.5, 0.6) is 0 Å². The lowest BCUT2D eigenvalue weighted by molar-refractivity contribution is 0.263. The molecule has 0 atom stereocenters. The zero-order valence-corrected chi connectivity index (χ0v) is 14.6. The van der Waals surface area contributed by atoms with Crippen molar-refractivity contribution in [3.8, 4) is 0 Å². The van der Waals surface area contributed by atoms with Gasteiger partial charge in [0.25, 0.3) is 0 Å². The predicted octanol–water partition coefficient (Wildman–Crippen LogP) is 7.13. The van der Waals surface area contributed by atoms with Gasteiger partial charge in [0.15, 0.2) is 0 Å². The second-order valence-corrected chi connectivity index (χ2v) is 7.87. The van der Waals surface area contributed by atoms with Crippen molar-refractivity contribution in [2.75, 3.05) is 0 Å². The molecule has 0 unspecified atom stereocenters. The molecule has 0 aliphatic heterocycles. The first-order chi connectivity index (χ1) is 10.9. The summed E-state index contributed by atoms with van der Waals surface area (Å²) in [5, 5.41) is 0. The summed E-state index contributed by atoms with van der Waals surface area (Å²) in [7, 11) is 0. The second-order valence-electron chi connectivity index (χ2n) is 7.87. The van der Waals surface area contributed by atoms with Gasteiger partial charge < -0.3 is 0 Å². The topological polar surface area (TPSA) is 0 Å². The number of hydrogen-bond donors (Lipinski definition) is 0. The lowest BCUT2D eigenvalue weighted by Gasteiger charge is -2.41. The molecule has 22 heavy (non-hydrogen) atoms. The summed E-state index contributed by atoms with van der Waals surface area (Å²) in [6.07, 6.45) is 18.6. The van der Waals surface area contributed by atoms with Crippen molar-refractivity contribution in [3.05, 3.63) is 35.4 Å². The molecule has 0 heterocycles. The van der Waals surface area contributed by atoms with Crippen LogP contribution in [0.1, 0.15) is 107 Å². The highest BCUT2D eigenvalue weighted by Gasteiger charge is 2.36. The molecule has 0 amide bonds. The molecule has 0 N–H and O–H groups in total. The van der Waals surface area contributed by atoms with Crippen LogP contribution in [0, 0.1) is 0 Å². The Morgan fingerprint density at radius 2 is 1.59 bits per heavy atom.